The van der Waals surface area contributed by atoms with Gasteiger partial charge in [-0.1, -0.05) is 0 Å². The zero-order valence-electron chi connectivity index (χ0n) is 8.31. The molecule has 1 aromatic heterocycles. The quantitative estimate of drug-likeness (QED) is 0.730. The molecule has 1 fully saturated rings. The van der Waals surface area contributed by atoms with E-state index in [0.717, 1.165) is 12.3 Å². The summed E-state index contributed by atoms with van der Waals surface area (Å²) in [5.41, 5.74) is 0. The first-order chi connectivity index (χ1) is 6.81. The van der Waals surface area contributed by atoms with E-state index in [1.165, 1.54) is 12.8 Å². The molecule has 1 aromatic rings. The van der Waals surface area contributed by atoms with Crippen molar-refractivity contribution in [1.29, 1.82) is 5.26 Å². The van der Waals surface area contributed by atoms with Gasteiger partial charge in [-0.15, -0.1) is 0 Å². The molecule has 0 spiro atoms. The first kappa shape index (κ1) is 9.29. The molecule has 2 rings (SSSR count). The molecule has 1 unspecified atom stereocenters. The largest absolute Gasteiger partial charge is 0.468 e. The number of rotatable bonds is 4. The minimum absolute atomic E-state index is 0.0207. The smallest absolute Gasteiger partial charge is 0.117 e. The Morgan fingerprint density at radius 3 is 3.00 bits per heavy atom. The Balaban J connectivity index is 2.01. The van der Waals surface area contributed by atoms with E-state index in [4.69, 9.17) is 9.68 Å². The summed E-state index contributed by atoms with van der Waals surface area (Å²) in [4.78, 5) is 2.21. The van der Waals surface area contributed by atoms with Crippen molar-refractivity contribution in [1.82, 2.24) is 4.90 Å². The first-order valence-electron chi connectivity index (χ1n) is 4.99. The van der Waals surface area contributed by atoms with Crippen LogP contribution in [0.15, 0.2) is 22.8 Å². The fraction of sp³-hybridized carbons (Fsp3) is 0.545. The summed E-state index contributed by atoms with van der Waals surface area (Å²) >= 11 is 0. The monoisotopic (exact) mass is 190 g/mol. The minimum Gasteiger partial charge on any atom is -0.468 e. The van der Waals surface area contributed by atoms with E-state index >= 15 is 0 Å². The molecule has 0 amide bonds. The average Bonchev–Trinajstić information content (AvgIpc) is 2.92. The molecule has 1 heterocycles. The fourth-order valence-electron chi connectivity index (χ4n) is 1.65. The highest BCUT2D eigenvalue weighted by molar-refractivity contribution is 5.03. The highest BCUT2D eigenvalue weighted by Crippen LogP contribution is 2.29. The molecule has 0 bridgehead atoms. The predicted molar refractivity (Wildman–Crippen MR) is 52.3 cm³/mol. The Morgan fingerprint density at radius 2 is 2.50 bits per heavy atom. The molecule has 0 aliphatic heterocycles. The zero-order valence-corrected chi connectivity index (χ0v) is 8.31. The Bertz CT molecular complexity index is 322. The molecule has 1 aliphatic carbocycles. The molecule has 0 saturated heterocycles. The maximum absolute atomic E-state index is 8.89. The van der Waals surface area contributed by atoms with Gasteiger partial charge in [0.25, 0.3) is 0 Å². The van der Waals surface area contributed by atoms with Crippen LogP contribution in [0, 0.1) is 11.3 Å². The maximum atomic E-state index is 8.89. The second-order valence-corrected chi connectivity index (χ2v) is 3.79. The van der Waals surface area contributed by atoms with Crippen molar-refractivity contribution in [2.45, 2.75) is 38.4 Å². The van der Waals surface area contributed by atoms with E-state index in [-0.39, 0.29) is 6.04 Å². The van der Waals surface area contributed by atoms with Gasteiger partial charge in [-0.2, -0.15) is 5.26 Å². The van der Waals surface area contributed by atoms with E-state index < -0.39 is 0 Å². The molecule has 1 saturated carbocycles. The standard InChI is InChI=1S/C11H14N2O/c1-9(7-12)13(10-4-5-10)8-11-3-2-6-14-11/h2-3,6,9-10H,4-5,8H2,1H3. The molecule has 0 radical (unpaired) electrons. The summed E-state index contributed by atoms with van der Waals surface area (Å²) in [5, 5.41) is 8.89. The number of nitriles is 1. The molecular formula is C11H14N2O. The van der Waals surface area contributed by atoms with Crippen molar-refractivity contribution in [3.8, 4) is 6.07 Å². The highest BCUT2D eigenvalue weighted by Gasteiger charge is 2.32. The lowest BCUT2D eigenvalue weighted by Gasteiger charge is -2.22. The first-order valence-corrected chi connectivity index (χ1v) is 4.99. The Kier molecular flexibility index (Phi) is 2.55. The van der Waals surface area contributed by atoms with Crippen LogP contribution in [0.3, 0.4) is 0 Å². The normalized spacial score (nSPS) is 18.1. The molecule has 74 valence electrons. The van der Waals surface area contributed by atoms with Crippen LogP contribution in [-0.2, 0) is 6.54 Å². The third-order valence-corrected chi connectivity index (χ3v) is 2.62. The molecule has 14 heavy (non-hydrogen) atoms. The van der Waals surface area contributed by atoms with Gasteiger partial charge in [0.15, 0.2) is 0 Å². The van der Waals surface area contributed by atoms with Crippen molar-refractivity contribution in [2.75, 3.05) is 0 Å². The van der Waals surface area contributed by atoms with E-state index in [9.17, 15) is 0 Å². The van der Waals surface area contributed by atoms with E-state index in [0.29, 0.717) is 6.04 Å². The van der Waals surface area contributed by atoms with Gasteiger partial charge in [0.05, 0.1) is 24.9 Å². The minimum atomic E-state index is -0.0207. The fourth-order valence-corrected chi connectivity index (χ4v) is 1.65. The van der Waals surface area contributed by atoms with Crippen molar-refractivity contribution < 1.29 is 4.42 Å². The van der Waals surface area contributed by atoms with Gasteiger partial charge in [0.1, 0.15) is 5.76 Å². The Morgan fingerprint density at radius 1 is 1.71 bits per heavy atom. The number of hydrogen-bond acceptors (Lipinski definition) is 3. The molecule has 0 N–H and O–H groups in total. The molecule has 0 aromatic carbocycles. The molecule has 3 nitrogen and oxygen atoms in total. The number of hydrogen-bond donors (Lipinski definition) is 0. The summed E-state index contributed by atoms with van der Waals surface area (Å²) in [6.45, 7) is 2.70. The van der Waals surface area contributed by atoms with Crippen LogP contribution in [0.25, 0.3) is 0 Å². The summed E-state index contributed by atoms with van der Waals surface area (Å²) in [6, 6.07) is 6.70. The lowest BCUT2D eigenvalue weighted by molar-refractivity contribution is 0.208. The zero-order chi connectivity index (χ0) is 9.97. The van der Waals surface area contributed by atoms with Crippen LogP contribution in [0.2, 0.25) is 0 Å². The lowest BCUT2D eigenvalue weighted by Crippen LogP contribution is -2.33. The highest BCUT2D eigenvalue weighted by atomic mass is 16.3. The third-order valence-electron chi connectivity index (χ3n) is 2.62. The Labute approximate surface area is 83.9 Å². The summed E-state index contributed by atoms with van der Waals surface area (Å²) < 4.78 is 5.29. The van der Waals surface area contributed by atoms with Gasteiger partial charge < -0.3 is 4.42 Å². The molecular weight excluding hydrogens is 176 g/mol. The number of nitrogens with zero attached hydrogens (tertiary/aromatic N) is 2. The van der Waals surface area contributed by atoms with Gasteiger partial charge in [-0.3, -0.25) is 4.90 Å². The summed E-state index contributed by atoms with van der Waals surface area (Å²) in [6.07, 6.45) is 4.11. The van der Waals surface area contributed by atoms with Gasteiger partial charge in [-0.05, 0) is 31.9 Å². The summed E-state index contributed by atoms with van der Waals surface area (Å²) in [7, 11) is 0. The van der Waals surface area contributed by atoms with Crippen LogP contribution < -0.4 is 0 Å². The average molecular weight is 190 g/mol. The van der Waals surface area contributed by atoms with Crippen LogP contribution in [0.1, 0.15) is 25.5 Å². The maximum Gasteiger partial charge on any atom is 0.117 e. The van der Waals surface area contributed by atoms with Crippen LogP contribution >= 0.6 is 0 Å². The van der Waals surface area contributed by atoms with Crippen LogP contribution in [0.4, 0.5) is 0 Å². The lowest BCUT2D eigenvalue weighted by atomic mass is 10.3. The van der Waals surface area contributed by atoms with E-state index in [1.807, 2.05) is 19.1 Å². The molecule has 1 aliphatic rings. The van der Waals surface area contributed by atoms with Gasteiger partial charge >= 0.3 is 0 Å². The SMILES string of the molecule is CC(C#N)N(Cc1ccco1)C1CC1. The van der Waals surface area contributed by atoms with Crippen molar-refractivity contribution in [3.05, 3.63) is 24.2 Å². The summed E-state index contributed by atoms with van der Waals surface area (Å²) in [5.74, 6) is 0.944. The van der Waals surface area contributed by atoms with Crippen LogP contribution in [-0.4, -0.2) is 17.0 Å². The molecule has 1 atom stereocenters. The van der Waals surface area contributed by atoms with Crippen LogP contribution in [0.5, 0.6) is 0 Å². The van der Waals surface area contributed by atoms with Gasteiger partial charge in [0, 0.05) is 6.04 Å². The van der Waals surface area contributed by atoms with Gasteiger partial charge in [0.2, 0.25) is 0 Å². The van der Waals surface area contributed by atoms with Gasteiger partial charge in [-0.25, -0.2) is 0 Å². The van der Waals surface area contributed by atoms with Crippen molar-refractivity contribution in [3.63, 3.8) is 0 Å². The van der Waals surface area contributed by atoms with Crippen molar-refractivity contribution in [2.24, 2.45) is 0 Å². The Hall–Kier alpha value is -1.27. The topological polar surface area (TPSA) is 40.2 Å². The predicted octanol–water partition coefficient (Wildman–Crippen LogP) is 2.16. The second kappa shape index (κ2) is 3.85. The number of furan rings is 1. The van der Waals surface area contributed by atoms with Crippen molar-refractivity contribution >= 4 is 0 Å². The molecule has 3 heteroatoms. The van der Waals surface area contributed by atoms with E-state index in [2.05, 4.69) is 11.0 Å². The van der Waals surface area contributed by atoms with E-state index in [1.54, 1.807) is 6.26 Å². The third kappa shape index (κ3) is 1.97. The second-order valence-electron chi connectivity index (χ2n) is 3.79.